The van der Waals surface area contributed by atoms with Gasteiger partial charge in [0, 0.05) is 13.3 Å². The molecule has 1 fully saturated rings. The van der Waals surface area contributed by atoms with Gasteiger partial charge in [-0.3, -0.25) is 24.0 Å². The highest BCUT2D eigenvalue weighted by Crippen LogP contribution is 2.37. The van der Waals surface area contributed by atoms with Gasteiger partial charge in [0.05, 0.1) is 25.6 Å². The van der Waals surface area contributed by atoms with Crippen molar-refractivity contribution in [3.8, 4) is 28.4 Å². The number of carbonyl (C=O) groups excluding carboxylic acids is 5. The zero-order chi connectivity index (χ0) is 33.4. The molecule has 2 aliphatic rings. The zero-order valence-corrected chi connectivity index (χ0v) is 25.8. The van der Waals surface area contributed by atoms with E-state index < -0.39 is 66.8 Å². The van der Waals surface area contributed by atoms with Crippen molar-refractivity contribution in [2.24, 2.45) is 5.92 Å². The lowest BCUT2D eigenvalue weighted by molar-refractivity contribution is -0.141. The normalized spacial score (nSPS) is 18.5. The standard InChI is InChI=1S/C32H38N4O10/c1-4-18(2)30(34-19(3)38)32(43)33-14-28(39)36-15-24(13-25(36)31(42)35-22(16-37)12-29(40)41)46-23-7-5-6-20(10-23)21-8-9-26-27(11-21)45-17-44-26/h5-11,16,18,22,24-25,30H,4,12-15,17H2,1-3H3,(H,33,43)(H,34,38)(H,35,42)(H,40,41)/t18-,22-,24-,25-,30-/m0/s1. The van der Waals surface area contributed by atoms with Crippen molar-refractivity contribution in [1.82, 2.24) is 20.9 Å². The summed E-state index contributed by atoms with van der Waals surface area (Å²) in [5, 5.41) is 16.6. The molecule has 0 spiro atoms. The third kappa shape index (κ3) is 8.52. The third-order valence-electron chi connectivity index (χ3n) is 7.88. The van der Waals surface area contributed by atoms with E-state index in [4.69, 9.17) is 19.3 Å². The molecule has 0 saturated carbocycles. The first-order valence-corrected chi connectivity index (χ1v) is 15.0. The van der Waals surface area contributed by atoms with Gasteiger partial charge in [-0.1, -0.05) is 38.5 Å². The predicted octanol–water partition coefficient (Wildman–Crippen LogP) is 1.26. The van der Waals surface area contributed by atoms with Crippen LogP contribution in [0.4, 0.5) is 0 Å². The minimum atomic E-state index is -1.30. The van der Waals surface area contributed by atoms with E-state index in [1.807, 2.05) is 37.3 Å². The Morgan fingerprint density at radius 3 is 2.50 bits per heavy atom. The molecule has 0 radical (unpaired) electrons. The van der Waals surface area contributed by atoms with E-state index in [9.17, 15) is 28.8 Å². The fraction of sp³-hybridized carbons (Fsp3) is 0.438. The number of nitrogens with zero attached hydrogens (tertiary/aromatic N) is 1. The molecular weight excluding hydrogens is 600 g/mol. The molecule has 0 aromatic heterocycles. The number of benzene rings is 2. The summed E-state index contributed by atoms with van der Waals surface area (Å²) in [4.78, 5) is 75.1. The predicted molar refractivity (Wildman–Crippen MR) is 163 cm³/mol. The summed E-state index contributed by atoms with van der Waals surface area (Å²) in [7, 11) is 0. The van der Waals surface area contributed by atoms with Crippen molar-refractivity contribution in [2.75, 3.05) is 19.9 Å². The van der Waals surface area contributed by atoms with E-state index in [2.05, 4.69) is 16.0 Å². The van der Waals surface area contributed by atoms with Gasteiger partial charge in [-0.2, -0.15) is 0 Å². The van der Waals surface area contributed by atoms with Crippen molar-refractivity contribution in [1.29, 1.82) is 0 Å². The average molecular weight is 639 g/mol. The van der Waals surface area contributed by atoms with Crippen LogP contribution >= 0.6 is 0 Å². The van der Waals surface area contributed by atoms with Gasteiger partial charge in [0.1, 0.15) is 30.2 Å². The zero-order valence-electron chi connectivity index (χ0n) is 25.8. The van der Waals surface area contributed by atoms with Gasteiger partial charge in [-0.25, -0.2) is 0 Å². The van der Waals surface area contributed by atoms with Crippen LogP contribution in [-0.2, 0) is 28.8 Å². The minimum Gasteiger partial charge on any atom is -0.488 e. The van der Waals surface area contributed by atoms with Gasteiger partial charge in [0.15, 0.2) is 11.5 Å². The molecule has 0 unspecified atom stereocenters. The fourth-order valence-electron chi connectivity index (χ4n) is 5.32. The van der Waals surface area contributed by atoms with E-state index in [0.29, 0.717) is 30.0 Å². The Kier molecular flexibility index (Phi) is 11.2. The van der Waals surface area contributed by atoms with E-state index in [-0.39, 0.29) is 25.7 Å². The molecule has 2 aromatic carbocycles. The van der Waals surface area contributed by atoms with Crippen LogP contribution in [-0.4, -0.2) is 90.0 Å². The molecule has 5 atom stereocenters. The molecular formula is C32H38N4O10. The highest BCUT2D eigenvalue weighted by atomic mass is 16.7. The first-order chi connectivity index (χ1) is 22.0. The lowest BCUT2D eigenvalue weighted by Gasteiger charge is -2.26. The number of hydrogen-bond acceptors (Lipinski definition) is 9. The maximum absolute atomic E-state index is 13.4. The van der Waals surface area contributed by atoms with Crippen LogP contribution < -0.4 is 30.2 Å². The summed E-state index contributed by atoms with van der Waals surface area (Å²) in [6.45, 7) is 4.62. The summed E-state index contributed by atoms with van der Waals surface area (Å²) in [6.07, 6.45) is -0.314. The second kappa shape index (κ2) is 15.2. The van der Waals surface area contributed by atoms with Gasteiger partial charge in [-0.15, -0.1) is 0 Å². The maximum Gasteiger partial charge on any atom is 0.305 e. The number of carboxylic acids is 1. The Hall–Kier alpha value is -5.14. The molecule has 14 heteroatoms. The van der Waals surface area contributed by atoms with Gasteiger partial charge in [0.25, 0.3) is 0 Å². The number of carbonyl (C=O) groups is 6. The largest absolute Gasteiger partial charge is 0.488 e. The number of aliphatic carboxylic acids is 1. The molecule has 2 aromatic rings. The summed E-state index contributed by atoms with van der Waals surface area (Å²) in [5.41, 5.74) is 1.69. The second-order valence-electron chi connectivity index (χ2n) is 11.3. The van der Waals surface area contributed by atoms with Crippen molar-refractivity contribution in [3.05, 3.63) is 42.5 Å². The average Bonchev–Trinajstić information content (AvgIpc) is 3.68. The quantitative estimate of drug-likeness (QED) is 0.219. The maximum atomic E-state index is 13.4. The molecule has 0 aliphatic carbocycles. The van der Waals surface area contributed by atoms with E-state index in [1.54, 1.807) is 19.1 Å². The van der Waals surface area contributed by atoms with Crippen molar-refractivity contribution < 1.29 is 48.1 Å². The van der Waals surface area contributed by atoms with Crippen LogP contribution in [0.2, 0.25) is 0 Å². The Balaban J connectivity index is 1.49. The summed E-state index contributed by atoms with van der Waals surface area (Å²) >= 11 is 0. The summed E-state index contributed by atoms with van der Waals surface area (Å²) in [6, 6.07) is 9.53. The van der Waals surface area contributed by atoms with E-state index >= 15 is 0 Å². The molecule has 4 amide bonds. The van der Waals surface area contributed by atoms with Crippen LogP contribution in [0.5, 0.6) is 17.2 Å². The SMILES string of the molecule is CC[C@H](C)[C@H](NC(C)=O)C(=O)NCC(=O)N1C[C@@H](Oc2cccc(-c3ccc4c(c3)OCO4)c2)C[C@H]1C(=O)N[C@H](C=O)CC(=O)O. The molecule has 246 valence electrons. The summed E-state index contributed by atoms with van der Waals surface area (Å²) < 4.78 is 17.1. The smallest absolute Gasteiger partial charge is 0.305 e. The topological polar surface area (TPSA) is 190 Å². The number of hydrogen-bond donors (Lipinski definition) is 4. The number of aldehydes is 1. The van der Waals surface area contributed by atoms with Crippen molar-refractivity contribution in [2.45, 2.75) is 64.3 Å². The molecule has 4 N–H and O–H groups in total. The van der Waals surface area contributed by atoms with Gasteiger partial charge in [0.2, 0.25) is 30.4 Å². The van der Waals surface area contributed by atoms with Gasteiger partial charge < -0.3 is 45.0 Å². The molecule has 4 rings (SSSR count). The molecule has 0 bridgehead atoms. The molecule has 1 saturated heterocycles. The Bertz CT molecular complexity index is 1480. The lowest BCUT2D eigenvalue weighted by atomic mass is 9.98. The number of likely N-dealkylation sites (tertiary alicyclic amines) is 1. The van der Waals surface area contributed by atoms with Crippen LogP contribution in [0.1, 0.15) is 40.0 Å². The van der Waals surface area contributed by atoms with E-state index in [1.165, 1.54) is 11.8 Å². The van der Waals surface area contributed by atoms with Crippen LogP contribution in [0.25, 0.3) is 11.1 Å². The van der Waals surface area contributed by atoms with Crippen LogP contribution in [0, 0.1) is 5.92 Å². The summed E-state index contributed by atoms with van der Waals surface area (Å²) in [5.74, 6) is -2.00. The number of carboxylic acid groups (broad SMARTS) is 1. The Morgan fingerprint density at radius 2 is 1.80 bits per heavy atom. The first-order valence-electron chi connectivity index (χ1n) is 15.0. The number of amides is 4. The fourth-order valence-corrected chi connectivity index (χ4v) is 5.32. The molecule has 14 nitrogen and oxygen atoms in total. The highest BCUT2D eigenvalue weighted by molar-refractivity contribution is 5.93. The van der Waals surface area contributed by atoms with Gasteiger partial charge >= 0.3 is 5.97 Å². The lowest BCUT2D eigenvalue weighted by Crippen LogP contribution is -2.54. The monoisotopic (exact) mass is 638 g/mol. The number of ether oxygens (including phenoxy) is 3. The highest BCUT2D eigenvalue weighted by Gasteiger charge is 2.41. The molecule has 46 heavy (non-hydrogen) atoms. The second-order valence-corrected chi connectivity index (χ2v) is 11.3. The number of nitrogens with one attached hydrogen (secondary N) is 3. The Morgan fingerprint density at radius 1 is 1.07 bits per heavy atom. The van der Waals surface area contributed by atoms with Gasteiger partial charge in [-0.05, 0) is 41.3 Å². The third-order valence-corrected chi connectivity index (χ3v) is 7.88. The van der Waals surface area contributed by atoms with E-state index in [0.717, 1.165) is 11.1 Å². The number of fused-ring (bicyclic) bond motifs is 1. The van der Waals surface area contributed by atoms with Crippen molar-refractivity contribution in [3.63, 3.8) is 0 Å². The van der Waals surface area contributed by atoms with Crippen LogP contribution in [0.3, 0.4) is 0 Å². The molecule has 2 heterocycles. The van der Waals surface area contributed by atoms with Crippen molar-refractivity contribution >= 4 is 35.9 Å². The molecule has 2 aliphatic heterocycles. The first kappa shape index (κ1) is 33.7. The minimum absolute atomic E-state index is 0.0216. The number of rotatable bonds is 14. The Labute approximate surface area is 265 Å². The van der Waals surface area contributed by atoms with Crippen LogP contribution in [0.15, 0.2) is 42.5 Å².